The van der Waals surface area contributed by atoms with E-state index in [9.17, 15) is 4.79 Å². The van der Waals surface area contributed by atoms with Gasteiger partial charge in [-0.1, -0.05) is 25.7 Å². The zero-order chi connectivity index (χ0) is 15.3. The molecule has 1 heterocycles. The van der Waals surface area contributed by atoms with Crippen LogP contribution in [0.4, 0.5) is 0 Å². The van der Waals surface area contributed by atoms with Gasteiger partial charge in [-0.05, 0) is 39.9 Å². The first kappa shape index (κ1) is 16.0. The van der Waals surface area contributed by atoms with Crippen LogP contribution in [0, 0.1) is 0 Å². The van der Waals surface area contributed by atoms with Crippen LogP contribution in [0.3, 0.4) is 0 Å². The minimum atomic E-state index is -0.386. The van der Waals surface area contributed by atoms with Crippen LogP contribution in [-0.2, 0) is 0 Å². The molecule has 1 saturated carbocycles. The highest BCUT2D eigenvalue weighted by Crippen LogP contribution is 2.34. The average molecular weight is 290 g/mol. The summed E-state index contributed by atoms with van der Waals surface area (Å²) in [7, 11) is 4.03. The van der Waals surface area contributed by atoms with E-state index in [4.69, 9.17) is 4.74 Å². The van der Waals surface area contributed by atoms with Gasteiger partial charge in [0, 0.05) is 11.8 Å². The summed E-state index contributed by atoms with van der Waals surface area (Å²) >= 11 is 0. The number of aromatic nitrogens is 1. The van der Waals surface area contributed by atoms with Gasteiger partial charge in [0.15, 0.2) is 5.78 Å². The Morgan fingerprint density at radius 2 is 1.90 bits per heavy atom. The molecule has 4 nitrogen and oxygen atoms in total. The summed E-state index contributed by atoms with van der Waals surface area (Å²) in [5.74, 6) is 0.856. The zero-order valence-corrected chi connectivity index (χ0v) is 13.4. The lowest BCUT2D eigenvalue weighted by molar-refractivity contribution is 0.0634. The van der Waals surface area contributed by atoms with Crippen LogP contribution < -0.4 is 4.74 Å². The van der Waals surface area contributed by atoms with Crippen LogP contribution >= 0.6 is 0 Å². The molecule has 2 rings (SSSR count). The number of ether oxygens (including phenoxy) is 1. The Balaban J connectivity index is 2.31. The molecule has 116 valence electrons. The molecule has 4 heteroatoms. The molecule has 1 aliphatic carbocycles. The standard InChI is InChI=1S/C17H26N2O2/c1-4-21-15-11-14(12-18-13-15)16(20)17(19(2)3)9-7-5-6-8-10-17/h11-13H,4-10H2,1-3H3. The molecule has 0 radical (unpaired) electrons. The second kappa shape index (κ2) is 7.03. The fourth-order valence-corrected chi connectivity index (χ4v) is 3.25. The van der Waals surface area contributed by atoms with Gasteiger partial charge in [0.2, 0.25) is 0 Å². The van der Waals surface area contributed by atoms with Crippen LogP contribution in [0.1, 0.15) is 55.8 Å². The Labute approximate surface area is 127 Å². The normalized spacial score (nSPS) is 18.3. The summed E-state index contributed by atoms with van der Waals surface area (Å²) in [6.07, 6.45) is 9.86. The maximum atomic E-state index is 13.1. The van der Waals surface area contributed by atoms with Gasteiger partial charge in [0.25, 0.3) is 0 Å². The summed E-state index contributed by atoms with van der Waals surface area (Å²) in [4.78, 5) is 19.4. The molecule has 0 unspecified atom stereocenters. The molecule has 0 aromatic carbocycles. The third kappa shape index (κ3) is 3.43. The summed E-state index contributed by atoms with van der Waals surface area (Å²) in [5.41, 5.74) is 0.278. The zero-order valence-electron chi connectivity index (χ0n) is 13.4. The van der Waals surface area contributed by atoms with E-state index in [0.29, 0.717) is 17.9 Å². The third-order valence-electron chi connectivity index (χ3n) is 4.50. The van der Waals surface area contributed by atoms with Gasteiger partial charge in [-0.25, -0.2) is 0 Å². The predicted octanol–water partition coefficient (Wildman–Crippen LogP) is 3.32. The van der Waals surface area contributed by atoms with Crippen molar-refractivity contribution in [2.45, 2.75) is 51.0 Å². The molecule has 1 aromatic rings. The number of carbonyl (C=O) groups is 1. The van der Waals surface area contributed by atoms with Gasteiger partial charge < -0.3 is 4.74 Å². The Morgan fingerprint density at radius 3 is 2.48 bits per heavy atom. The van der Waals surface area contributed by atoms with Crippen molar-refractivity contribution in [1.82, 2.24) is 9.88 Å². The summed E-state index contributed by atoms with van der Waals surface area (Å²) in [6.45, 7) is 2.51. The Kier molecular flexibility index (Phi) is 5.34. The lowest BCUT2D eigenvalue weighted by Gasteiger charge is -2.38. The highest BCUT2D eigenvalue weighted by atomic mass is 16.5. The van der Waals surface area contributed by atoms with Gasteiger partial charge in [0.1, 0.15) is 5.75 Å². The van der Waals surface area contributed by atoms with Crippen molar-refractivity contribution in [3.63, 3.8) is 0 Å². The van der Waals surface area contributed by atoms with E-state index >= 15 is 0 Å². The fraction of sp³-hybridized carbons (Fsp3) is 0.647. The van der Waals surface area contributed by atoms with E-state index in [1.54, 1.807) is 12.4 Å². The number of rotatable bonds is 5. The van der Waals surface area contributed by atoms with Crippen LogP contribution in [0.2, 0.25) is 0 Å². The van der Waals surface area contributed by atoms with E-state index in [2.05, 4.69) is 9.88 Å². The lowest BCUT2D eigenvalue weighted by Crippen LogP contribution is -2.50. The third-order valence-corrected chi connectivity index (χ3v) is 4.50. The molecule has 1 aliphatic rings. The molecule has 1 aromatic heterocycles. The number of carbonyl (C=O) groups excluding carboxylic acids is 1. The Morgan fingerprint density at radius 1 is 1.24 bits per heavy atom. The van der Waals surface area contributed by atoms with Crippen molar-refractivity contribution < 1.29 is 9.53 Å². The fourth-order valence-electron chi connectivity index (χ4n) is 3.25. The molecule has 0 aliphatic heterocycles. The van der Waals surface area contributed by atoms with E-state index < -0.39 is 0 Å². The first-order valence-electron chi connectivity index (χ1n) is 7.90. The minimum absolute atomic E-state index is 0.184. The SMILES string of the molecule is CCOc1cncc(C(=O)C2(N(C)C)CCCCCC2)c1. The van der Waals surface area contributed by atoms with Crippen molar-refractivity contribution >= 4 is 5.78 Å². The van der Waals surface area contributed by atoms with Gasteiger partial charge in [0.05, 0.1) is 18.3 Å². The molecule has 0 atom stereocenters. The first-order chi connectivity index (χ1) is 10.1. The molecular formula is C17H26N2O2. The molecule has 21 heavy (non-hydrogen) atoms. The van der Waals surface area contributed by atoms with Crippen LogP contribution in [0.15, 0.2) is 18.5 Å². The summed E-state index contributed by atoms with van der Waals surface area (Å²) < 4.78 is 5.47. The first-order valence-corrected chi connectivity index (χ1v) is 7.90. The molecule has 0 spiro atoms. The van der Waals surface area contributed by atoms with Crippen LogP contribution in [-0.4, -0.2) is 41.9 Å². The largest absolute Gasteiger partial charge is 0.492 e. The number of hydrogen-bond acceptors (Lipinski definition) is 4. The molecule has 0 amide bonds. The van der Waals surface area contributed by atoms with E-state index in [0.717, 1.165) is 25.7 Å². The number of likely N-dealkylation sites (N-methyl/N-ethyl adjacent to an activating group) is 1. The Bertz CT molecular complexity index is 477. The Hall–Kier alpha value is -1.42. The quantitative estimate of drug-likeness (QED) is 0.616. The van der Waals surface area contributed by atoms with Gasteiger partial charge in [-0.3, -0.25) is 14.7 Å². The second-order valence-corrected chi connectivity index (χ2v) is 6.01. The topological polar surface area (TPSA) is 42.4 Å². The second-order valence-electron chi connectivity index (χ2n) is 6.01. The minimum Gasteiger partial charge on any atom is -0.492 e. The number of pyridine rings is 1. The average Bonchev–Trinajstić information content (AvgIpc) is 2.74. The van der Waals surface area contributed by atoms with E-state index in [-0.39, 0.29) is 11.3 Å². The van der Waals surface area contributed by atoms with Crippen LogP contribution in [0.25, 0.3) is 0 Å². The summed E-state index contributed by atoms with van der Waals surface area (Å²) in [5, 5.41) is 0. The maximum absolute atomic E-state index is 13.1. The highest BCUT2D eigenvalue weighted by Gasteiger charge is 2.41. The molecule has 0 bridgehead atoms. The molecular weight excluding hydrogens is 264 g/mol. The van der Waals surface area contributed by atoms with Gasteiger partial charge in [-0.15, -0.1) is 0 Å². The number of ketones is 1. The number of hydrogen-bond donors (Lipinski definition) is 0. The maximum Gasteiger partial charge on any atom is 0.184 e. The monoisotopic (exact) mass is 290 g/mol. The number of nitrogens with zero attached hydrogens (tertiary/aromatic N) is 2. The smallest absolute Gasteiger partial charge is 0.184 e. The van der Waals surface area contributed by atoms with E-state index in [1.165, 1.54) is 12.8 Å². The van der Waals surface area contributed by atoms with Crippen molar-refractivity contribution in [3.8, 4) is 5.75 Å². The van der Waals surface area contributed by atoms with E-state index in [1.807, 2.05) is 27.1 Å². The molecule has 1 fully saturated rings. The van der Waals surface area contributed by atoms with Gasteiger partial charge >= 0.3 is 0 Å². The van der Waals surface area contributed by atoms with Gasteiger partial charge in [-0.2, -0.15) is 0 Å². The van der Waals surface area contributed by atoms with Crippen molar-refractivity contribution in [2.24, 2.45) is 0 Å². The van der Waals surface area contributed by atoms with Crippen molar-refractivity contribution in [2.75, 3.05) is 20.7 Å². The molecule has 0 saturated heterocycles. The van der Waals surface area contributed by atoms with Crippen molar-refractivity contribution in [1.29, 1.82) is 0 Å². The molecule has 0 N–H and O–H groups in total. The predicted molar refractivity (Wildman–Crippen MR) is 83.9 cm³/mol. The summed E-state index contributed by atoms with van der Waals surface area (Å²) in [6, 6.07) is 1.83. The lowest BCUT2D eigenvalue weighted by atomic mass is 9.82. The number of Topliss-reactive ketones (excluding diaryl/α,β-unsaturated/α-hetero) is 1. The van der Waals surface area contributed by atoms with Crippen molar-refractivity contribution in [3.05, 3.63) is 24.0 Å². The highest BCUT2D eigenvalue weighted by molar-refractivity contribution is 6.03. The van der Waals surface area contributed by atoms with Crippen LogP contribution in [0.5, 0.6) is 5.75 Å².